The smallest absolute Gasteiger partial charge is 0.212 e. The third-order valence-electron chi connectivity index (χ3n) is 0.934. The summed E-state index contributed by atoms with van der Waals surface area (Å²) in [6.45, 7) is 0. The van der Waals surface area contributed by atoms with Gasteiger partial charge in [-0.15, -0.1) is 0 Å². The van der Waals surface area contributed by atoms with Crippen LogP contribution in [0, 0.1) is 0 Å². The molecule has 1 N–H and O–H groups in total. The Bertz CT molecular complexity index is 222. The number of nitrogens with one attached hydrogen (secondary N) is 1. The van der Waals surface area contributed by atoms with Crippen LogP contribution in [0.25, 0.3) is 0 Å². The Morgan fingerprint density at radius 3 is 2.90 bits per heavy atom. The second-order valence-electron chi connectivity index (χ2n) is 1.62. The molecule has 1 heterocycles. The van der Waals surface area contributed by atoms with Crippen LogP contribution in [0.1, 0.15) is 0 Å². The number of rotatable bonds is 2. The van der Waals surface area contributed by atoms with Gasteiger partial charge in [0.2, 0.25) is 6.41 Å². The topological polar surface area (TPSA) is 42.0 Å². The summed E-state index contributed by atoms with van der Waals surface area (Å²) < 4.78 is 0.893. The molecule has 0 aliphatic rings. The van der Waals surface area contributed by atoms with Crippen molar-refractivity contribution in [1.82, 2.24) is 4.98 Å². The number of nitrogens with zero attached hydrogens (tertiary/aromatic N) is 1. The monoisotopic (exact) mass is 200 g/mol. The summed E-state index contributed by atoms with van der Waals surface area (Å²) in [6, 6.07) is 3.51. The molecule has 1 rings (SSSR count). The maximum atomic E-state index is 9.90. The highest BCUT2D eigenvalue weighted by molar-refractivity contribution is 9.10. The summed E-state index contributed by atoms with van der Waals surface area (Å²) in [7, 11) is 0. The van der Waals surface area contributed by atoms with Crippen LogP contribution in [-0.2, 0) is 4.79 Å². The summed E-state index contributed by atoms with van der Waals surface area (Å²) in [5.41, 5.74) is 0. The average Bonchev–Trinajstić information content (AvgIpc) is 1.95. The van der Waals surface area contributed by atoms with Crippen molar-refractivity contribution < 1.29 is 4.79 Å². The quantitative estimate of drug-likeness (QED) is 0.735. The average molecular weight is 201 g/mol. The molecule has 1 amide bonds. The molecule has 0 saturated heterocycles. The first kappa shape index (κ1) is 7.21. The summed E-state index contributed by atoms with van der Waals surface area (Å²) in [5.74, 6) is 0.554. The Kier molecular flexibility index (Phi) is 2.39. The first-order valence-corrected chi connectivity index (χ1v) is 3.44. The van der Waals surface area contributed by atoms with E-state index in [0.29, 0.717) is 12.2 Å². The summed E-state index contributed by atoms with van der Waals surface area (Å²) in [5, 5.41) is 2.42. The van der Waals surface area contributed by atoms with Crippen LogP contribution in [-0.4, -0.2) is 11.4 Å². The Morgan fingerprint density at radius 2 is 2.40 bits per heavy atom. The molecule has 0 fully saturated rings. The van der Waals surface area contributed by atoms with E-state index in [4.69, 9.17) is 0 Å². The van der Waals surface area contributed by atoms with Crippen LogP contribution in [0.5, 0.6) is 0 Å². The zero-order chi connectivity index (χ0) is 7.40. The van der Waals surface area contributed by atoms with Crippen LogP contribution < -0.4 is 5.32 Å². The Hall–Kier alpha value is -0.900. The van der Waals surface area contributed by atoms with E-state index in [1.54, 1.807) is 18.3 Å². The van der Waals surface area contributed by atoms with Gasteiger partial charge < -0.3 is 5.32 Å². The largest absolute Gasteiger partial charge is 0.313 e. The zero-order valence-corrected chi connectivity index (χ0v) is 6.63. The van der Waals surface area contributed by atoms with Gasteiger partial charge in [0.25, 0.3) is 0 Å². The third kappa shape index (κ3) is 1.80. The zero-order valence-electron chi connectivity index (χ0n) is 5.04. The Balaban J connectivity index is 2.78. The van der Waals surface area contributed by atoms with Crippen LogP contribution in [0.4, 0.5) is 5.82 Å². The molecule has 1 aromatic heterocycles. The minimum Gasteiger partial charge on any atom is -0.313 e. The van der Waals surface area contributed by atoms with Gasteiger partial charge in [-0.3, -0.25) is 4.79 Å². The van der Waals surface area contributed by atoms with E-state index in [0.717, 1.165) is 4.47 Å². The van der Waals surface area contributed by atoms with Crippen LogP contribution in [0.15, 0.2) is 22.8 Å². The molecule has 0 bridgehead atoms. The minimum absolute atomic E-state index is 0.554. The van der Waals surface area contributed by atoms with Crippen molar-refractivity contribution in [1.29, 1.82) is 0 Å². The maximum Gasteiger partial charge on any atom is 0.212 e. The number of hydrogen-bond donors (Lipinski definition) is 1. The number of carbonyl (C=O) groups is 1. The second kappa shape index (κ2) is 3.31. The fraction of sp³-hybridized carbons (Fsp3) is 0. The van der Waals surface area contributed by atoms with Crippen LogP contribution in [0.2, 0.25) is 0 Å². The fourth-order valence-electron chi connectivity index (χ4n) is 0.522. The van der Waals surface area contributed by atoms with Gasteiger partial charge in [-0.1, -0.05) is 0 Å². The first-order valence-electron chi connectivity index (χ1n) is 2.64. The summed E-state index contributed by atoms with van der Waals surface area (Å²) in [6.07, 6.45) is 2.21. The first-order chi connectivity index (χ1) is 4.83. The normalized spacial score (nSPS) is 8.90. The van der Waals surface area contributed by atoms with Crippen molar-refractivity contribution in [2.24, 2.45) is 0 Å². The van der Waals surface area contributed by atoms with Gasteiger partial charge in [0.05, 0.1) is 0 Å². The van der Waals surface area contributed by atoms with E-state index in [1.165, 1.54) is 0 Å². The van der Waals surface area contributed by atoms with Gasteiger partial charge in [0.15, 0.2) is 0 Å². The SMILES string of the molecule is O=CNc1ccc(Br)cn1. The predicted molar refractivity (Wildman–Crippen MR) is 41.6 cm³/mol. The maximum absolute atomic E-state index is 9.90. The van der Waals surface area contributed by atoms with Crippen molar-refractivity contribution in [3.05, 3.63) is 22.8 Å². The van der Waals surface area contributed by atoms with Crippen LogP contribution in [0.3, 0.4) is 0 Å². The van der Waals surface area contributed by atoms with E-state index in [9.17, 15) is 4.79 Å². The van der Waals surface area contributed by atoms with Crippen molar-refractivity contribution in [2.75, 3.05) is 5.32 Å². The third-order valence-corrected chi connectivity index (χ3v) is 1.40. The van der Waals surface area contributed by atoms with E-state index in [2.05, 4.69) is 26.2 Å². The van der Waals surface area contributed by atoms with Gasteiger partial charge in [-0.2, -0.15) is 0 Å². The predicted octanol–water partition coefficient (Wildman–Crippen LogP) is 1.41. The standard InChI is InChI=1S/C6H5BrN2O/c7-5-1-2-6(8-3-5)9-4-10/h1-4H,(H,8,9,10). The van der Waals surface area contributed by atoms with Crippen molar-refractivity contribution >= 4 is 28.2 Å². The molecule has 3 nitrogen and oxygen atoms in total. The van der Waals surface area contributed by atoms with Gasteiger partial charge in [0.1, 0.15) is 5.82 Å². The van der Waals surface area contributed by atoms with Crippen molar-refractivity contribution in [3.63, 3.8) is 0 Å². The van der Waals surface area contributed by atoms with Gasteiger partial charge in [-0.25, -0.2) is 4.98 Å². The number of halogens is 1. The van der Waals surface area contributed by atoms with E-state index >= 15 is 0 Å². The lowest BCUT2D eigenvalue weighted by atomic mass is 10.5. The molecule has 52 valence electrons. The molecule has 0 atom stereocenters. The molecule has 0 radical (unpaired) electrons. The highest BCUT2D eigenvalue weighted by Crippen LogP contribution is 2.09. The van der Waals surface area contributed by atoms with Gasteiger partial charge in [-0.05, 0) is 28.1 Å². The molecular weight excluding hydrogens is 196 g/mol. The molecular formula is C6H5BrN2O. The lowest BCUT2D eigenvalue weighted by Gasteiger charge is -1.94. The molecule has 0 aliphatic carbocycles. The number of aromatic nitrogens is 1. The second-order valence-corrected chi connectivity index (χ2v) is 2.54. The lowest BCUT2D eigenvalue weighted by Crippen LogP contribution is -1.95. The van der Waals surface area contributed by atoms with Crippen LogP contribution >= 0.6 is 15.9 Å². The summed E-state index contributed by atoms with van der Waals surface area (Å²) >= 11 is 3.22. The molecule has 0 spiro atoms. The number of carbonyl (C=O) groups excluding carboxylic acids is 1. The lowest BCUT2D eigenvalue weighted by molar-refractivity contribution is -0.105. The molecule has 0 unspecified atom stereocenters. The van der Waals surface area contributed by atoms with Crippen molar-refractivity contribution in [3.8, 4) is 0 Å². The molecule has 0 saturated carbocycles. The van der Waals surface area contributed by atoms with Crippen molar-refractivity contribution in [2.45, 2.75) is 0 Å². The highest BCUT2D eigenvalue weighted by atomic mass is 79.9. The van der Waals surface area contributed by atoms with Gasteiger partial charge >= 0.3 is 0 Å². The number of hydrogen-bond acceptors (Lipinski definition) is 2. The fourth-order valence-corrected chi connectivity index (χ4v) is 0.756. The van der Waals surface area contributed by atoms with E-state index in [-0.39, 0.29) is 0 Å². The minimum atomic E-state index is 0.554. The number of amides is 1. The Morgan fingerprint density at radius 1 is 1.60 bits per heavy atom. The highest BCUT2D eigenvalue weighted by Gasteiger charge is 1.88. The molecule has 10 heavy (non-hydrogen) atoms. The molecule has 1 aromatic rings. The molecule has 0 aromatic carbocycles. The molecule has 4 heteroatoms. The summed E-state index contributed by atoms with van der Waals surface area (Å²) in [4.78, 5) is 13.8. The number of anilines is 1. The van der Waals surface area contributed by atoms with E-state index < -0.39 is 0 Å². The Labute approximate surface area is 66.6 Å². The van der Waals surface area contributed by atoms with E-state index in [1.807, 2.05) is 0 Å². The number of pyridine rings is 1. The molecule has 0 aliphatic heterocycles. The van der Waals surface area contributed by atoms with Gasteiger partial charge in [0, 0.05) is 10.7 Å².